The van der Waals surface area contributed by atoms with E-state index in [2.05, 4.69) is 0 Å². The van der Waals surface area contributed by atoms with Crippen molar-refractivity contribution >= 4 is 0 Å². The Balaban J connectivity index is 3.20. The number of nitrogens with two attached hydrogens (primary N) is 1. The van der Waals surface area contributed by atoms with Crippen molar-refractivity contribution < 1.29 is 9.47 Å². The Hall–Kier alpha value is -1.22. The van der Waals surface area contributed by atoms with Gasteiger partial charge in [-0.2, -0.15) is 0 Å². The van der Waals surface area contributed by atoms with Crippen molar-refractivity contribution in [2.75, 3.05) is 14.2 Å². The Morgan fingerprint density at radius 1 is 1.23 bits per heavy atom. The summed E-state index contributed by atoms with van der Waals surface area (Å²) in [4.78, 5) is 0. The Bertz CT molecular complexity index is 272. The molecule has 2 N–H and O–H groups in total. The Morgan fingerprint density at radius 3 is 2.38 bits per heavy atom. The Morgan fingerprint density at radius 2 is 1.92 bits per heavy atom. The van der Waals surface area contributed by atoms with Crippen LogP contribution >= 0.6 is 0 Å². The highest BCUT2D eigenvalue weighted by molar-refractivity contribution is 5.45. The average Bonchev–Trinajstić information content (AvgIpc) is 2.18. The maximum absolute atomic E-state index is 5.59. The maximum atomic E-state index is 5.59. The molecule has 0 amide bonds. The van der Waals surface area contributed by atoms with Gasteiger partial charge in [0.05, 0.1) is 14.2 Å². The van der Waals surface area contributed by atoms with E-state index in [1.165, 1.54) is 0 Å². The van der Waals surface area contributed by atoms with Gasteiger partial charge in [0, 0.05) is 12.6 Å². The van der Waals surface area contributed by atoms with Gasteiger partial charge in [0.1, 0.15) is 11.5 Å². The van der Waals surface area contributed by atoms with Crippen LogP contribution in [0.3, 0.4) is 0 Å². The lowest BCUT2D eigenvalue weighted by molar-refractivity contribution is 0.391. The molecule has 0 radical (unpaired) electrons. The molecule has 0 aliphatic carbocycles. The van der Waals surface area contributed by atoms with E-state index in [0.29, 0.717) is 6.54 Å². The van der Waals surface area contributed by atoms with Gasteiger partial charge in [-0.1, -0.05) is 0 Å². The molecule has 0 bridgehead atoms. The first kappa shape index (κ1) is 9.86. The number of hydrogen-bond acceptors (Lipinski definition) is 3. The molecule has 0 heterocycles. The number of ether oxygens (including phenoxy) is 2. The van der Waals surface area contributed by atoms with E-state index in [1.54, 1.807) is 14.2 Å². The monoisotopic (exact) mass is 181 g/mol. The molecule has 3 heteroatoms. The van der Waals surface area contributed by atoms with Gasteiger partial charge in [0.2, 0.25) is 0 Å². The van der Waals surface area contributed by atoms with Gasteiger partial charge in [-0.15, -0.1) is 0 Å². The summed E-state index contributed by atoms with van der Waals surface area (Å²) in [5.74, 6) is 1.60. The molecule has 0 spiro atoms. The zero-order chi connectivity index (χ0) is 9.84. The molecule has 0 unspecified atom stereocenters. The van der Waals surface area contributed by atoms with E-state index in [1.807, 2.05) is 19.1 Å². The highest BCUT2D eigenvalue weighted by Gasteiger charge is 2.06. The summed E-state index contributed by atoms with van der Waals surface area (Å²) in [5, 5.41) is 0. The quantitative estimate of drug-likeness (QED) is 0.768. The van der Waals surface area contributed by atoms with Gasteiger partial charge in [-0.25, -0.2) is 0 Å². The third-order valence-electron chi connectivity index (χ3n) is 2.12. The molecule has 0 atom stereocenters. The summed E-state index contributed by atoms with van der Waals surface area (Å²) in [6, 6.07) is 3.78. The summed E-state index contributed by atoms with van der Waals surface area (Å²) in [7, 11) is 3.27. The van der Waals surface area contributed by atoms with Gasteiger partial charge < -0.3 is 15.2 Å². The number of benzene rings is 1. The number of methoxy groups -OCH3 is 2. The molecule has 0 aliphatic heterocycles. The standard InChI is InChI=1S/C10H15NO2/c1-7-8(6-11)4-9(12-2)5-10(7)13-3/h4-5H,6,11H2,1-3H3. The van der Waals surface area contributed by atoms with E-state index in [0.717, 1.165) is 22.6 Å². The molecular formula is C10H15NO2. The molecule has 0 aliphatic rings. The summed E-state index contributed by atoms with van der Waals surface area (Å²) >= 11 is 0. The zero-order valence-electron chi connectivity index (χ0n) is 8.26. The molecule has 0 saturated carbocycles. The van der Waals surface area contributed by atoms with Crippen LogP contribution in [-0.2, 0) is 6.54 Å². The lowest BCUT2D eigenvalue weighted by Gasteiger charge is -2.11. The van der Waals surface area contributed by atoms with Gasteiger partial charge in [-0.3, -0.25) is 0 Å². The van der Waals surface area contributed by atoms with Gasteiger partial charge in [-0.05, 0) is 24.1 Å². The van der Waals surface area contributed by atoms with Crippen molar-refractivity contribution in [1.82, 2.24) is 0 Å². The molecule has 72 valence electrons. The molecule has 3 nitrogen and oxygen atoms in total. The summed E-state index contributed by atoms with van der Waals surface area (Å²) < 4.78 is 10.3. The summed E-state index contributed by atoms with van der Waals surface area (Å²) in [6.07, 6.45) is 0. The van der Waals surface area contributed by atoms with Gasteiger partial charge >= 0.3 is 0 Å². The smallest absolute Gasteiger partial charge is 0.125 e. The molecule has 0 fully saturated rings. The fourth-order valence-electron chi connectivity index (χ4n) is 1.26. The average molecular weight is 181 g/mol. The second-order valence-corrected chi connectivity index (χ2v) is 2.82. The van der Waals surface area contributed by atoms with E-state index in [-0.39, 0.29) is 0 Å². The van der Waals surface area contributed by atoms with Gasteiger partial charge in [0.25, 0.3) is 0 Å². The van der Waals surface area contributed by atoms with Crippen LogP contribution < -0.4 is 15.2 Å². The third-order valence-corrected chi connectivity index (χ3v) is 2.12. The number of hydrogen-bond donors (Lipinski definition) is 1. The van der Waals surface area contributed by atoms with Crippen LogP contribution in [0, 0.1) is 6.92 Å². The largest absolute Gasteiger partial charge is 0.497 e. The lowest BCUT2D eigenvalue weighted by Crippen LogP contribution is -2.01. The van der Waals surface area contributed by atoms with Crippen LogP contribution in [0.25, 0.3) is 0 Å². The molecule has 1 rings (SSSR count). The fraction of sp³-hybridized carbons (Fsp3) is 0.400. The van der Waals surface area contributed by atoms with Crippen molar-refractivity contribution in [3.8, 4) is 11.5 Å². The maximum Gasteiger partial charge on any atom is 0.125 e. The summed E-state index contributed by atoms with van der Waals surface area (Å²) in [5.41, 5.74) is 7.71. The first-order chi connectivity index (χ1) is 6.22. The van der Waals surface area contributed by atoms with Crippen LogP contribution in [0.2, 0.25) is 0 Å². The SMILES string of the molecule is COc1cc(CN)c(C)c(OC)c1. The van der Waals surface area contributed by atoms with Crippen LogP contribution in [0.1, 0.15) is 11.1 Å². The van der Waals surface area contributed by atoms with E-state index in [4.69, 9.17) is 15.2 Å². The van der Waals surface area contributed by atoms with Crippen molar-refractivity contribution in [3.05, 3.63) is 23.3 Å². The number of rotatable bonds is 3. The Labute approximate surface area is 78.5 Å². The Kier molecular flexibility index (Phi) is 3.14. The predicted octanol–water partition coefficient (Wildman–Crippen LogP) is 1.47. The van der Waals surface area contributed by atoms with E-state index < -0.39 is 0 Å². The van der Waals surface area contributed by atoms with Crippen molar-refractivity contribution in [1.29, 1.82) is 0 Å². The molecule has 0 saturated heterocycles. The predicted molar refractivity (Wildman–Crippen MR) is 52.2 cm³/mol. The normalized spacial score (nSPS) is 9.85. The molecular weight excluding hydrogens is 166 g/mol. The third kappa shape index (κ3) is 1.92. The first-order valence-corrected chi connectivity index (χ1v) is 4.14. The summed E-state index contributed by atoms with van der Waals surface area (Å²) in [6.45, 7) is 2.49. The van der Waals surface area contributed by atoms with E-state index in [9.17, 15) is 0 Å². The van der Waals surface area contributed by atoms with Crippen LogP contribution in [-0.4, -0.2) is 14.2 Å². The topological polar surface area (TPSA) is 44.5 Å². The fourth-order valence-corrected chi connectivity index (χ4v) is 1.26. The van der Waals surface area contributed by atoms with Crippen molar-refractivity contribution in [3.63, 3.8) is 0 Å². The van der Waals surface area contributed by atoms with Crippen LogP contribution in [0.15, 0.2) is 12.1 Å². The van der Waals surface area contributed by atoms with Crippen molar-refractivity contribution in [2.24, 2.45) is 5.73 Å². The minimum atomic E-state index is 0.499. The van der Waals surface area contributed by atoms with Crippen molar-refractivity contribution in [2.45, 2.75) is 13.5 Å². The molecule has 0 aromatic heterocycles. The molecule has 1 aromatic carbocycles. The lowest BCUT2D eigenvalue weighted by atomic mass is 10.1. The highest BCUT2D eigenvalue weighted by Crippen LogP contribution is 2.27. The van der Waals surface area contributed by atoms with Crippen LogP contribution in [0.4, 0.5) is 0 Å². The molecule has 1 aromatic rings. The van der Waals surface area contributed by atoms with Gasteiger partial charge in [0.15, 0.2) is 0 Å². The first-order valence-electron chi connectivity index (χ1n) is 4.14. The highest BCUT2D eigenvalue weighted by atomic mass is 16.5. The minimum Gasteiger partial charge on any atom is -0.497 e. The zero-order valence-corrected chi connectivity index (χ0v) is 8.26. The molecule has 13 heavy (non-hydrogen) atoms. The minimum absolute atomic E-state index is 0.499. The second kappa shape index (κ2) is 4.14. The van der Waals surface area contributed by atoms with E-state index >= 15 is 0 Å². The van der Waals surface area contributed by atoms with Crippen LogP contribution in [0.5, 0.6) is 11.5 Å². The second-order valence-electron chi connectivity index (χ2n) is 2.82.